The monoisotopic (exact) mass is 524 g/mol. The highest BCUT2D eigenvalue weighted by atomic mass is 19.1. The average Bonchev–Trinajstić information content (AvgIpc) is 2.96. The predicted molar refractivity (Wildman–Crippen MR) is 144 cm³/mol. The lowest BCUT2D eigenvalue weighted by Crippen LogP contribution is -2.28. The van der Waals surface area contributed by atoms with Gasteiger partial charge < -0.3 is 21.1 Å². The number of carbonyl (C=O) groups excluding carboxylic acids is 2. The summed E-state index contributed by atoms with van der Waals surface area (Å²) in [5, 5.41) is 15.3. The second kappa shape index (κ2) is 11.8. The number of anilines is 2. The molecule has 0 saturated carbocycles. The van der Waals surface area contributed by atoms with Gasteiger partial charge in [0.25, 0.3) is 5.91 Å². The van der Waals surface area contributed by atoms with E-state index in [0.29, 0.717) is 17.9 Å². The summed E-state index contributed by atoms with van der Waals surface area (Å²) in [6.07, 6.45) is 2.96. The molecule has 0 saturated heterocycles. The number of hydrogen-bond donors (Lipinski definition) is 3. The molecule has 39 heavy (non-hydrogen) atoms. The first kappa shape index (κ1) is 26.8. The Morgan fingerprint density at radius 1 is 1.03 bits per heavy atom. The van der Waals surface area contributed by atoms with Crippen LogP contribution in [0.4, 0.5) is 16.0 Å². The summed E-state index contributed by atoms with van der Waals surface area (Å²) in [5.41, 5.74) is 9.59. The number of nitrogen functional groups attached to an aromatic ring is 1. The number of nitrogens with zero attached hydrogens (tertiary/aromatic N) is 3. The number of ether oxygens (including phenoxy) is 1. The molecule has 196 valence electrons. The summed E-state index contributed by atoms with van der Waals surface area (Å²) < 4.78 is 18.0. The molecule has 1 atom stereocenters. The smallest absolute Gasteiger partial charge is 0.341 e. The quantitative estimate of drug-likeness (QED) is 0.283. The Labute approximate surface area is 224 Å². The zero-order chi connectivity index (χ0) is 27.9. The number of aromatic nitrogens is 2. The number of methoxy groups -OCH3 is 1. The highest BCUT2D eigenvalue weighted by Gasteiger charge is 2.18. The highest BCUT2D eigenvalue weighted by Crippen LogP contribution is 2.24. The van der Waals surface area contributed by atoms with Gasteiger partial charge in [0, 0.05) is 24.5 Å². The van der Waals surface area contributed by atoms with Crippen LogP contribution < -0.4 is 16.4 Å². The fourth-order valence-corrected chi connectivity index (χ4v) is 3.86. The van der Waals surface area contributed by atoms with Gasteiger partial charge in [-0.1, -0.05) is 36.4 Å². The van der Waals surface area contributed by atoms with Crippen LogP contribution >= 0.6 is 0 Å². The molecule has 4 rings (SSSR count). The van der Waals surface area contributed by atoms with Crippen molar-refractivity contribution in [3.63, 3.8) is 0 Å². The largest absolute Gasteiger partial charge is 0.465 e. The van der Waals surface area contributed by atoms with Crippen LogP contribution in [0.1, 0.15) is 50.4 Å². The lowest BCUT2D eigenvalue weighted by molar-refractivity contribution is 0.0601. The van der Waals surface area contributed by atoms with Crippen molar-refractivity contribution in [2.45, 2.75) is 19.5 Å². The molecule has 10 heteroatoms. The topological polar surface area (TPSA) is 143 Å². The van der Waals surface area contributed by atoms with Gasteiger partial charge in [-0.3, -0.25) is 4.79 Å². The van der Waals surface area contributed by atoms with E-state index in [2.05, 4.69) is 20.6 Å². The summed E-state index contributed by atoms with van der Waals surface area (Å²) in [6, 6.07) is 18.1. The lowest BCUT2D eigenvalue weighted by Gasteiger charge is -2.16. The number of esters is 1. The van der Waals surface area contributed by atoms with Crippen LogP contribution in [0.3, 0.4) is 0 Å². The molecule has 9 nitrogen and oxygen atoms in total. The summed E-state index contributed by atoms with van der Waals surface area (Å²) in [6.45, 7) is 2.13. The van der Waals surface area contributed by atoms with E-state index in [4.69, 9.17) is 10.5 Å². The molecular formula is C29H25FN6O3. The number of nitriles is 1. The molecule has 4 aromatic rings. The lowest BCUT2D eigenvalue weighted by atomic mass is 10.0. The van der Waals surface area contributed by atoms with Crippen molar-refractivity contribution in [2.75, 3.05) is 18.2 Å². The van der Waals surface area contributed by atoms with Gasteiger partial charge in [-0.15, -0.1) is 0 Å². The summed E-state index contributed by atoms with van der Waals surface area (Å²) >= 11 is 0. The van der Waals surface area contributed by atoms with Crippen LogP contribution in [-0.2, 0) is 11.3 Å². The third kappa shape index (κ3) is 6.34. The van der Waals surface area contributed by atoms with E-state index in [1.54, 1.807) is 31.3 Å². The second-order valence-electron chi connectivity index (χ2n) is 8.68. The SMILES string of the molecule is COC(=O)c1cc(-c2ccc(CNc3ncc(C#N)cc3C(=O)NC(C)c3ccc(F)cc3)cc2)cnc1N. The number of nitrogens with two attached hydrogens (primary N) is 1. The molecule has 0 aliphatic carbocycles. The van der Waals surface area contributed by atoms with Crippen LogP contribution in [0, 0.1) is 17.1 Å². The van der Waals surface area contributed by atoms with Crippen LogP contribution in [-0.4, -0.2) is 29.0 Å². The first-order valence-electron chi connectivity index (χ1n) is 11.9. The molecule has 0 aliphatic heterocycles. The standard InChI is InChI=1S/C29H25FN6O3/c1-17(20-7-9-23(30)10-8-20)36-28(37)25-11-19(13-31)15-35-27(25)34-14-18-3-5-21(6-4-18)22-12-24(29(38)39-2)26(32)33-16-22/h3-12,15-17H,14H2,1-2H3,(H2,32,33)(H,34,35)(H,36,37). The van der Waals surface area contributed by atoms with Gasteiger partial charge in [0.2, 0.25) is 0 Å². The molecule has 1 unspecified atom stereocenters. The summed E-state index contributed by atoms with van der Waals surface area (Å²) in [5.74, 6) is -0.949. The molecule has 0 spiro atoms. The minimum absolute atomic E-state index is 0.0910. The maximum Gasteiger partial charge on any atom is 0.341 e. The zero-order valence-corrected chi connectivity index (χ0v) is 21.2. The van der Waals surface area contributed by atoms with E-state index >= 15 is 0 Å². The number of pyridine rings is 2. The molecular weight excluding hydrogens is 499 g/mol. The van der Waals surface area contributed by atoms with E-state index in [9.17, 15) is 19.2 Å². The average molecular weight is 525 g/mol. The van der Waals surface area contributed by atoms with Gasteiger partial charge in [0.1, 0.15) is 29.1 Å². The van der Waals surface area contributed by atoms with E-state index < -0.39 is 17.9 Å². The Morgan fingerprint density at radius 2 is 1.74 bits per heavy atom. The first-order valence-corrected chi connectivity index (χ1v) is 11.9. The number of hydrogen-bond acceptors (Lipinski definition) is 8. The van der Waals surface area contributed by atoms with Crippen molar-refractivity contribution >= 4 is 23.5 Å². The van der Waals surface area contributed by atoms with Crippen molar-refractivity contribution in [1.82, 2.24) is 15.3 Å². The molecule has 2 heterocycles. The fourth-order valence-electron chi connectivity index (χ4n) is 3.86. The number of nitrogens with one attached hydrogen (secondary N) is 2. The van der Waals surface area contributed by atoms with Gasteiger partial charge in [-0.2, -0.15) is 5.26 Å². The molecule has 0 fully saturated rings. The molecule has 2 aromatic carbocycles. The second-order valence-corrected chi connectivity index (χ2v) is 8.68. The molecule has 0 bridgehead atoms. The Kier molecular flexibility index (Phi) is 8.12. The van der Waals surface area contributed by atoms with Crippen molar-refractivity contribution < 1.29 is 18.7 Å². The Morgan fingerprint density at radius 3 is 2.41 bits per heavy atom. The molecule has 1 amide bonds. The molecule has 0 radical (unpaired) electrons. The van der Waals surface area contributed by atoms with Crippen LogP contribution in [0.5, 0.6) is 0 Å². The van der Waals surface area contributed by atoms with Crippen LogP contribution in [0.2, 0.25) is 0 Å². The Hall–Kier alpha value is -5.30. The van der Waals surface area contributed by atoms with Crippen LogP contribution in [0.15, 0.2) is 73.1 Å². The predicted octanol–water partition coefficient (Wildman–Crippen LogP) is 4.63. The van der Waals surface area contributed by atoms with E-state index in [-0.39, 0.29) is 28.3 Å². The number of amides is 1. The number of carbonyl (C=O) groups is 2. The molecule has 4 N–H and O–H groups in total. The van der Waals surface area contributed by atoms with E-state index in [1.807, 2.05) is 30.3 Å². The zero-order valence-electron chi connectivity index (χ0n) is 21.2. The summed E-state index contributed by atoms with van der Waals surface area (Å²) in [4.78, 5) is 33.4. The van der Waals surface area contributed by atoms with Gasteiger partial charge in [0.05, 0.1) is 24.3 Å². The van der Waals surface area contributed by atoms with Crippen molar-refractivity contribution in [3.05, 3.63) is 107 Å². The van der Waals surface area contributed by atoms with Crippen molar-refractivity contribution in [3.8, 4) is 17.2 Å². The number of halogens is 1. The van der Waals surface area contributed by atoms with Crippen molar-refractivity contribution in [1.29, 1.82) is 5.26 Å². The normalized spacial score (nSPS) is 11.2. The van der Waals surface area contributed by atoms with Gasteiger partial charge in [0.15, 0.2) is 0 Å². The van der Waals surface area contributed by atoms with Gasteiger partial charge in [-0.05, 0) is 47.9 Å². The maximum absolute atomic E-state index is 13.3. The minimum atomic E-state index is -0.565. The van der Waals surface area contributed by atoms with Crippen LogP contribution in [0.25, 0.3) is 11.1 Å². The third-order valence-corrected chi connectivity index (χ3v) is 6.05. The minimum Gasteiger partial charge on any atom is -0.465 e. The van der Waals surface area contributed by atoms with Crippen molar-refractivity contribution in [2.24, 2.45) is 0 Å². The van der Waals surface area contributed by atoms with E-state index in [0.717, 1.165) is 16.7 Å². The molecule has 2 aromatic heterocycles. The van der Waals surface area contributed by atoms with E-state index in [1.165, 1.54) is 31.5 Å². The first-order chi connectivity index (χ1) is 18.8. The highest BCUT2D eigenvalue weighted by molar-refractivity contribution is 5.99. The Bertz CT molecular complexity index is 1550. The van der Waals surface area contributed by atoms with Gasteiger partial charge in [-0.25, -0.2) is 19.2 Å². The summed E-state index contributed by atoms with van der Waals surface area (Å²) in [7, 11) is 1.28. The molecule has 0 aliphatic rings. The third-order valence-electron chi connectivity index (χ3n) is 6.05. The number of rotatable bonds is 8. The Balaban J connectivity index is 1.49. The maximum atomic E-state index is 13.3. The number of benzene rings is 2. The van der Waals surface area contributed by atoms with Gasteiger partial charge >= 0.3 is 5.97 Å². The fraction of sp³-hybridized carbons (Fsp3) is 0.138.